The standard InChI is InChI=1S/C10H14N2O3S/c1-10(2,3)9(13)12-16(14,15)8-5-4-6-11-7-8/h4-7H,1-3H3,(H,12,13). The third-order valence-corrected chi connectivity index (χ3v) is 3.17. The predicted octanol–water partition coefficient (Wildman–Crippen LogP) is 0.933. The Kier molecular flexibility index (Phi) is 3.32. The van der Waals surface area contributed by atoms with Gasteiger partial charge in [0.2, 0.25) is 5.91 Å². The van der Waals surface area contributed by atoms with Crippen LogP contribution in [0.25, 0.3) is 0 Å². The Labute approximate surface area is 94.9 Å². The number of amides is 1. The van der Waals surface area contributed by atoms with E-state index in [1.54, 1.807) is 20.8 Å². The van der Waals surface area contributed by atoms with Crippen LogP contribution in [0.5, 0.6) is 0 Å². The lowest BCUT2D eigenvalue weighted by Crippen LogP contribution is -2.38. The predicted molar refractivity (Wildman–Crippen MR) is 59.0 cm³/mol. The normalized spacial score (nSPS) is 12.2. The molecule has 1 heterocycles. The summed E-state index contributed by atoms with van der Waals surface area (Å²) in [6.07, 6.45) is 2.66. The molecule has 1 N–H and O–H groups in total. The zero-order valence-electron chi connectivity index (χ0n) is 9.39. The van der Waals surface area contributed by atoms with E-state index in [0.29, 0.717) is 0 Å². The molecule has 0 aliphatic carbocycles. The molecule has 5 nitrogen and oxygen atoms in total. The summed E-state index contributed by atoms with van der Waals surface area (Å²) in [5, 5.41) is 0. The molecule has 1 amide bonds. The van der Waals surface area contributed by atoms with Crippen molar-refractivity contribution in [1.29, 1.82) is 0 Å². The lowest BCUT2D eigenvalue weighted by Gasteiger charge is -2.17. The van der Waals surface area contributed by atoms with E-state index in [1.165, 1.54) is 24.5 Å². The number of pyridine rings is 1. The van der Waals surface area contributed by atoms with E-state index in [1.807, 2.05) is 4.72 Å². The lowest BCUT2D eigenvalue weighted by molar-refractivity contribution is -0.126. The number of hydrogen-bond acceptors (Lipinski definition) is 4. The molecule has 0 unspecified atom stereocenters. The Morgan fingerprint density at radius 2 is 2.00 bits per heavy atom. The van der Waals surface area contributed by atoms with Gasteiger partial charge in [0.05, 0.1) is 0 Å². The van der Waals surface area contributed by atoms with Gasteiger partial charge in [-0.05, 0) is 12.1 Å². The molecule has 1 rings (SSSR count). The zero-order chi connectivity index (χ0) is 12.4. The summed E-state index contributed by atoms with van der Waals surface area (Å²) in [7, 11) is -3.80. The van der Waals surface area contributed by atoms with Gasteiger partial charge in [0.25, 0.3) is 10.0 Å². The smallest absolute Gasteiger partial charge is 0.265 e. The van der Waals surface area contributed by atoms with Gasteiger partial charge in [0.15, 0.2) is 0 Å². The van der Waals surface area contributed by atoms with Gasteiger partial charge in [-0.2, -0.15) is 0 Å². The van der Waals surface area contributed by atoms with Gasteiger partial charge in [-0.1, -0.05) is 20.8 Å². The second-order valence-corrected chi connectivity index (χ2v) is 6.06. The highest BCUT2D eigenvalue weighted by Gasteiger charge is 2.26. The molecule has 0 bridgehead atoms. The summed E-state index contributed by atoms with van der Waals surface area (Å²) >= 11 is 0. The van der Waals surface area contributed by atoms with E-state index in [9.17, 15) is 13.2 Å². The molecule has 0 spiro atoms. The molecule has 0 aliphatic rings. The number of aromatic nitrogens is 1. The quantitative estimate of drug-likeness (QED) is 0.837. The molecule has 6 heteroatoms. The number of nitrogens with zero attached hydrogens (tertiary/aromatic N) is 1. The van der Waals surface area contributed by atoms with Crippen LogP contribution in [0.3, 0.4) is 0 Å². The Morgan fingerprint density at radius 1 is 1.38 bits per heavy atom. The fraction of sp³-hybridized carbons (Fsp3) is 0.400. The highest BCUT2D eigenvalue weighted by atomic mass is 32.2. The first kappa shape index (κ1) is 12.6. The second-order valence-electron chi connectivity index (χ2n) is 4.37. The van der Waals surface area contributed by atoms with Crippen LogP contribution in [0.2, 0.25) is 0 Å². The SMILES string of the molecule is CC(C)(C)C(=O)NS(=O)(=O)c1cccnc1. The highest BCUT2D eigenvalue weighted by Crippen LogP contribution is 2.15. The summed E-state index contributed by atoms with van der Waals surface area (Å²) < 4.78 is 25.4. The van der Waals surface area contributed by atoms with Crippen molar-refractivity contribution in [3.05, 3.63) is 24.5 Å². The molecule has 0 radical (unpaired) electrons. The van der Waals surface area contributed by atoms with E-state index in [4.69, 9.17) is 0 Å². The molecular formula is C10H14N2O3S. The largest absolute Gasteiger partial charge is 0.273 e. The van der Waals surface area contributed by atoms with Crippen molar-refractivity contribution in [2.24, 2.45) is 5.41 Å². The van der Waals surface area contributed by atoms with Crippen molar-refractivity contribution in [2.75, 3.05) is 0 Å². The minimum atomic E-state index is -3.80. The molecule has 0 aliphatic heterocycles. The van der Waals surface area contributed by atoms with Crippen LogP contribution >= 0.6 is 0 Å². The molecule has 1 aromatic heterocycles. The summed E-state index contributed by atoms with van der Waals surface area (Å²) in [6, 6.07) is 2.88. The van der Waals surface area contributed by atoms with E-state index < -0.39 is 21.3 Å². The fourth-order valence-corrected chi connectivity index (χ4v) is 1.97. The van der Waals surface area contributed by atoms with Crippen molar-refractivity contribution < 1.29 is 13.2 Å². The number of sulfonamides is 1. The minimum Gasteiger partial charge on any atom is -0.273 e. The molecule has 88 valence electrons. The average Bonchev–Trinajstić information content (AvgIpc) is 2.17. The van der Waals surface area contributed by atoms with Crippen LogP contribution in [0.15, 0.2) is 29.4 Å². The maximum Gasteiger partial charge on any atom is 0.265 e. The number of carbonyl (C=O) groups excluding carboxylic acids is 1. The van der Waals surface area contributed by atoms with E-state index in [0.717, 1.165) is 0 Å². The van der Waals surface area contributed by atoms with E-state index in [-0.39, 0.29) is 4.90 Å². The minimum absolute atomic E-state index is 0.0207. The Morgan fingerprint density at radius 3 is 2.44 bits per heavy atom. The summed E-state index contributed by atoms with van der Waals surface area (Å²) in [5.41, 5.74) is -0.755. The van der Waals surface area contributed by atoms with Gasteiger partial charge in [0.1, 0.15) is 4.90 Å². The van der Waals surface area contributed by atoms with Crippen LogP contribution in [0, 0.1) is 5.41 Å². The highest BCUT2D eigenvalue weighted by molar-refractivity contribution is 7.90. The van der Waals surface area contributed by atoms with Gasteiger partial charge in [-0.15, -0.1) is 0 Å². The summed E-state index contributed by atoms with van der Waals surface area (Å²) in [5.74, 6) is -0.545. The monoisotopic (exact) mass is 242 g/mol. The van der Waals surface area contributed by atoms with Crippen LogP contribution in [-0.4, -0.2) is 19.3 Å². The first-order valence-corrected chi connectivity index (χ1v) is 6.19. The lowest BCUT2D eigenvalue weighted by atomic mass is 9.96. The zero-order valence-corrected chi connectivity index (χ0v) is 10.2. The Balaban J connectivity index is 2.95. The molecule has 0 atom stereocenters. The fourth-order valence-electron chi connectivity index (χ4n) is 0.840. The van der Waals surface area contributed by atoms with Crippen LogP contribution in [0.1, 0.15) is 20.8 Å². The Bertz CT molecular complexity index is 475. The maximum absolute atomic E-state index is 11.7. The molecule has 16 heavy (non-hydrogen) atoms. The first-order valence-electron chi connectivity index (χ1n) is 4.71. The third kappa shape index (κ3) is 3.03. The van der Waals surface area contributed by atoms with Crippen molar-refractivity contribution in [1.82, 2.24) is 9.71 Å². The van der Waals surface area contributed by atoms with Crippen LogP contribution in [-0.2, 0) is 14.8 Å². The van der Waals surface area contributed by atoms with Crippen LogP contribution < -0.4 is 4.72 Å². The van der Waals surface area contributed by atoms with Crippen molar-refractivity contribution >= 4 is 15.9 Å². The molecular weight excluding hydrogens is 228 g/mol. The molecule has 1 aromatic rings. The molecule has 0 fully saturated rings. The second kappa shape index (κ2) is 4.21. The van der Waals surface area contributed by atoms with E-state index >= 15 is 0 Å². The number of carbonyl (C=O) groups is 1. The first-order chi connectivity index (χ1) is 7.23. The maximum atomic E-state index is 11.7. The topological polar surface area (TPSA) is 76.1 Å². The Hall–Kier alpha value is -1.43. The van der Waals surface area contributed by atoms with E-state index in [2.05, 4.69) is 4.98 Å². The third-order valence-electron chi connectivity index (χ3n) is 1.85. The van der Waals surface area contributed by atoms with Crippen molar-refractivity contribution in [3.8, 4) is 0 Å². The number of nitrogens with one attached hydrogen (secondary N) is 1. The molecule has 0 saturated heterocycles. The summed E-state index contributed by atoms with van der Waals surface area (Å²) in [6.45, 7) is 4.92. The van der Waals surface area contributed by atoms with Crippen molar-refractivity contribution in [3.63, 3.8) is 0 Å². The van der Waals surface area contributed by atoms with Gasteiger partial charge < -0.3 is 0 Å². The van der Waals surface area contributed by atoms with Crippen LogP contribution in [0.4, 0.5) is 0 Å². The van der Waals surface area contributed by atoms with Gasteiger partial charge in [0, 0.05) is 17.8 Å². The van der Waals surface area contributed by atoms with Gasteiger partial charge >= 0.3 is 0 Å². The average molecular weight is 242 g/mol. The molecule has 0 saturated carbocycles. The number of hydrogen-bond donors (Lipinski definition) is 1. The van der Waals surface area contributed by atoms with Gasteiger partial charge in [-0.3, -0.25) is 9.78 Å². The number of rotatable bonds is 2. The molecule has 0 aromatic carbocycles. The van der Waals surface area contributed by atoms with Gasteiger partial charge in [-0.25, -0.2) is 13.1 Å². The van der Waals surface area contributed by atoms with Crippen molar-refractivity contribution in [2.45, 2.75) is 25.7 Å². The summed E-state index contributed by atoms with van der Waals surface area (Å²) in [4.78, 5) is 15.2.